The number of hydrogen-bond donors (Lipinski definition) is 1. The molecule has 1 aromatic rings. The summed E-state index contributed by atoms with van der Waals surface area (Å²) in [6.45, 7) is 10.3. The Morgan fingerprint density at radius 3 is 2.62 bits per heavy atom. The molecular formula is C19H29NO3Si. The van der Waals surface area contributed by atoms with Crippen LogP contribution < -0.4 is 0 Å². The van der Waals surface area contributed by atoms with Gasteiger partial charge in [-0.25, -0.2) is 4.98 Å². The summed E-state index contributed by atoms with van der Waals surface area (Å²) >= 11 is 0. The van der Waals surface area contributed by atoms with Crippen LogP contribution in [0.1, 0.15) is 50.1 Å². The first-order valence-corrected chi connectivity index (χ1v) is 11.3. The second-order valence-corrected chi connectivity index (χ2v) is 11.8. The third-order valence-corrected chi connectivity index (χ3v) is 8.31. The number of hydrogen-bond acceptors (Lipinski definition) is 4. The maximum absolute atomic E-state index is 11.1. The molecule has 0 radical (unpaired) electrons. The number of nitrogens with zero attached hydrogens (tertiary/aromatic N) is 1. The molecule has 4 nitrogen and oxygen atoms in total. The molecule has 0 aliphatic rings. The highest BCUT2D eigenvalue weighted by molar-refractivity contribution is 6.72. The van der Waals surface area contributed by atoms with Crippen molar-refractivity contribution in [1.82, 2.24) is 4.98 Å². The number of carbonyl (C=O) groups excluding carboxylic acids is 1. The lowest BCUT2D eigenvalue weighted by Gasteiger charge is -2.35. The Bertz CT molecular complexity index is 636. The standard InChI is InChI=1S/C19H29NO3Si/c1-15-11-12-16(9-7-8-10-18(21)23-4)20-17(15)13-14-19(2,3)24(5,6)22/h11-12,22H,8,10,13-14H2,1-6H3. The minimum atomic E-state index is -2.21. The van der Waals surface area contributed by atoms with Gasteiger partial charge in [0.15, 0.2) is 8.32 Å². The highest BCUT2D eigenvalue weighted by atomic mass is 28.4. The normalized spacial score (nSPS) is 11.6. The fourth-order valence-electron chi connectivity index (χ4n) is 2.05. The summed E-state index contributed by atoms with van der Waals surface area (Å²) < 4.78 is 4.59. The highest BCUT2D eigenvalue weighted by Crippen LogP contribution is 2.39. The molecule has 0 aromatic carbocycles. The topological polar surface area (TPSA) is 59.4 Å². The zero-order valence-corrected chi connectivity index (χ0v) is 16.7. The van der Waals surface area contributed by atoms with E-state index >= 15 is 0 Å². The lowest BCUT2D eigenvalue weighted by Crippen LogP contribution is -2.39. The van der Waals surface area contributed by atoms with Gasteiger partial charge >= 0.3 is 5.97 Å². The Labute approximate surface area is 146 Å². The van der Waals surface area contributed by atoms with Gasteiger partial charge in [-0.3, -0.25) is 4.79 Å². The first kappa shape index (κ1) is 20.4. The van der Waals surface area contributed by atoms with Crippen molar-refractivity contribution in [2.24, 2.45) is 0 Å². The summed E-state index contributed by atoms with van der Waals surface area (Å²) in [5, 5.41) is -0.0662. The molecule has 0 bridgehead atoms. The first-order chi connectivity index (χ1) is 11.1. The van der Waals surface area contributed by atoms with Crippen molar-refractivity contribution in [2.75, 3.05) is 7.11 Å². The molecule has 1 heterocycles. The van der Waals surface area contributed by atoms with E-state index in [0.29, 0.717) is 12.8 Å². The van der Waals surface area contributed by atoms with E-state index in [1.54, 1.807) is 0 Å². The lowest BCUT2D eigenvalue weighted by molar-refractivity contribution is -0.140. The molecule has 0 fully saturated rings. The highest BCUT2D eigenvalue weighted by Gasteiger charge is 2.37. The van der Waals surface area contributed by atoms with Crippen molar-refractivity contribution < 1.29 is 14.3 Å². The molecule has 0 amide bonds. The molecule has 0 saturated heterocycles. The van der Waals surface area contributed by atoms with Crippen molar-refractivity contribution in [1.29, 1.82) is 0 Å². The summed E-state index contributed by atoms with van der Waals surface area (Å²) in [7, 11) is -0.833. The van der Waals surface area contributed by atoms with E-state index in [2.05, 4.69) is 35.4 Å². The van der Waals surface area contributed by atoms with Crippen LogP contribution in [0.5, 0.6) is 0 Å². The van der Waals surface area contributed by atoms with Crippen LogP contribution in [-0.2, 0) is 16.0 Å². The summed E-state index contributed by atoms with van der Waals surface area (Å²) in [4.78, 5) is 26.1. The van der Waals surface area contributed by atoms with Crippen molar-refractivity contribution in [3.8, 4) is 11.8 Å². The number of methoxy groups -OCH3 is 1. The van der Waals surface area contributed by atoms with E-state index in [9.17, 15) is 9.59 Å². The maximum Gasteiger partial charge on any atom is 0.306 e. The summed E-state index contributed by atoms with van der Waals surface area (Å²) in [5.74, 6) is 5.72. The summed E-state index contributed by atoms with van der Waals surface area (Å²) in [5.41, 5.74) is 2.89. The smallest absolute Gasteiger partial charge is 0.306 e. The van der Waals surface area contributed by atoms with E-state index in [1.165, 1.54) is 7.11 Å². The van der Waals surface area contributed by atoms with Gasteiger partial charge in [0.05, 0.1) is 13.5 Å². The van der Waals surface area contributed by atoms with Gasteiger partial charge < -0.3 is 9.53 Å². The van der Waals surface area contributed by atoms with E-state index in [4.69, 9.17) is 0 Å². The fourth-order valence-corrected chi connectivity index (χ4v) is 2.79. The molecule has 1 N–H and O–H groups in total. The number of ether oxygens (including phenoxy) is 1. The largest absolute Gasteiger partial charge is 0.469 e. The molecule has 0 saturated carbocycles. The van der Waals surface area contributed by atoms with Crippen LogP contribution in [0.25, 0.3) is 0 Å². The third-order valence-electron chi connectivity index (χ3n) is 4.74. The van der Waals surface area contributed by atoms with E-state index < -0.39 is 8.32 Å². The van der Waals surface area contributed by atoms with E-state index in [-0.39, 0.29) is 11.0 Å². The summed E-state index contributed by atoms with van der Waals surface area (Å²) in [6, 6.07) is 3.93. The molecule has 0 aliphatic carbocycles. The van der Waals surface area contributed by atoms with Gasteiger partial charge in [0.25, 0.3) is 0 Å². The zero-order chi connectivity index (χ0) is 18.4. The predicted octanol–water partition coefficient (Wildman–Crippen LogP) is 3.60. The van der Waals surface area contributed by atoms with Crippen LogP contribution >= 0.6 is 0 Å². The Hall–Kier alpha value is -1.64. The molecule has 0 aliphatic heterocycles. The zero-order valence-electron chi connectivity index (χ0n) is 15.7. The quantitative estimate of drug-likeness (QED) is 0.485. The first-order valence-electron chi connectivity index (χ1n) is 8.31. The van der Waals surface area contributed by atoms with Gasteiger partial charge in [-0.05, 0) is 55.4 Å². The Morgan fingerprint density at radius 2 is 2.04 bits per heavy atom. The van der Waals surface area contributed by atoms with Crippen LogP contribution in [0.4, 0.5) is 0 Å². The SMILES string of the molecule is COC(=O)CCC#Cc1ccc(C)c(CCC(C)(C)[Si](C)(C)O)n1. The Balaban J connectivity index is 2.77. The van der Waals surface area contributed by atoms with Gasteiger partial charge in [-0.1, -0.05) is 25.8 Å². The molecule has 1 rings (SSSR count). The average Bonchev–Trinajstić information content (AvgIpc) is 2.50. The van der Waals surface area contributed by atoms with Gasteiger partial charge in [-0.2, -0.15) is 0 Å². The molecular weight excluding hydrogens is 318 g/mol. The molecule has 24 heavy (non-hydrogen) atoms. The monoisotopic (exact) mass is 347 g/mol. The number of rotatable bonds is 6. The van der Waals surface area contributed by atoms with E-state index in [0.717, 1.165) is 29.8 Å². The minimum Gasteiger partial charge on any atom is -0.469 e. The number of aryl methyl sites for hydroxylation is 2. The lowest BCUT2D eigenvalue weighted by atomic mass is 10.0. The fraction of sp³-hybridized carbons (Fsp3) is 0.579. The number of pyridine rings is 1. The maximum atomic E-state index is 11.1. The Kier molecular flexibility index (Phi) is 7.19. The van der Waals surface area contributed by atoms with Crippen molar-refractivity contribution in [2.45, 2.75) is 64.6 Å². The second kappa shape index (κ2) is 8.45. The van der Waals surface area contributed by atoms with Crippen LogP contribution in [0.2, 0.25) is 18.1 Å². The van der Waals surface area contributed by atoms with Crippen LogP contribution in [0.15, 0.2) is 12.1 Å². The Morgan fingerprint density at radius 1 is 1.38 bits per heavy atom. The second-order valence-electron chi connectivity index (χ2n) is 7.28. The molecule has 1 aromatic heterocycles. The number of carbonyl (C=O) groups is 1. The van der Waals surface area contributed by atoms with E-state index in [1.807, 2.05) is 32.2 Å². The summed E-state index contributed by atoms with van der Waals surface area (Å²) in [6.07, 6.45) is 2.49. The predicted molar refractivity (Wildman–Crippen MR) is 99.2 cm³/mol. The van der Waals surface area contributed by atoms with Crippen LogP contribution in [0.3, 0.4) is 0 Å². The van der Waals surface area contributed by atoms with Crippen molar-refractivity contribution in [3.05, 3.63) is 29.1 Å². The van der Waals surface area contributed by atoms with Gasteiger partial charge in [-0.15, -0.1) is 0 Å². The molecule has 0 unspecified atom stereocenters. The minimum absolute atomic E-state index is 0.0662. The van der Waals surface area contributed by atoms with Gasteiger partial charge in [0, 0.05) is 12.1 Å². The molecule has 0 atom stereocenters. The van der Waals surface area contributed by atoms with Crippen molar-refractivity contribution in [3.63, 3.8) is 0 Å². The van der Waals surface area contributed by atoms with Gasteiger partial charge in [0.2, 0.25) is 0 Å². The number of aromatic nitrogens is 1. The van der Waals surface area contributed by atoms with Crippen LogP contribution in [0, 0.1) is 18.8 Å². The molecule has 0 spiro atoms. The number of esters is 1. The van der Waals surface area contributed by atoms with Crippen LogP contribution in [-0.4, -0.2) is 31.2 Å². The van der Waals surface area contributed by atoms with Crippen molar-refractivity contribution >= 4 is 14.3 Å². The third kappa shape index (κ3) is 6.10. The molecule has 5 heteroatoms. The van der Waals surface area contributed by atoms with Gasteiger partial charge in [0.1, 0.15) is 5.69 Å². The molecule has 132 valence electrons. The average molecular weight is 348 g/mol.